The van der Waals surface area contributed by atoms with E-state index in [2.05, 4.69) is 11.3 Å². The van der Waals surface area contributed by atoms with Crippen LogP contribution in [0, 0.1) is 11.2 Å². The minimum Gasteiger partial charge on any atom is -0.380 e. The van der Waals surface area contributed by atoms with Crippen LogP contribution in [0.2, 0.25) is 12.6 Å². The van der Waals surface area contributed by atoms with Crippen LogP contribution in [-0.2, 0) is 4.74 Å². The lowest BCUT2D eigenvalue weighted by atomic mass is 9.41. The van der Waals surface area contributed by atoms with Gasteiger partial charge in [-0.3, -0.25) is 0 Å². The first kappa shape index (κ1) is 11.3. The number of nitrogens with zero attached hydrogens (tertiary/aromatic N) is 2. The predicted octanol–water partition coefficient (Wildman–Crippen LogP) is 0.356. The largest absolute Gasteiger partial charge is 0.380 e. The lowest BCUT2D eigenvalue weighted by Crippen LogP contribution is -2.50. The van der Waals surface area contributed by atoms with Crippen LogP contribution in [0.4, 0.5) is 4.79 Å². The van der Waals surface area contributed by atoms with Crippen molar-refractivity contribution < 1.29 is 9.53 Å². The van der Waals surface area contributed by atoms with E-state index in [0.717, 1.165) is 25.6 Å². The van der Waals surface area contributed by atoms with E-state index in [1.165, 1.54) is 0 Å². The van der Waals surface area contributed by atoms with E-state index in [1.807, 2.05) is 4.90 Å². The van der Waals surface area contributed by atoms with E-state index in [-0.39, 0.29) is 24.9 Å². The van der Waals surface area contributed by atoms with Crippen LogP contribution in [0.25, 0.3) is 0 Å². The Morgan fingerprint density at radius 2 is 2.50 bits per heavy atom. The van der Waals surface area contributed by atoms with Gasteiger partial charge < -0.3 is 15.0 Å². The van der Waals surface area contributed by atoms with Crippen molar-refractivity contribution in [3.63, 3.8) is 0 Å². The standard InChI is InChI=1S/C10H16BN3O2/c1-16-9-6-11(7-12)3-2-8(9)14-5-4-13-10(14)15/h8-9H,2-6H2,1H3,(H,13,15). The van der Waals surface area contributed by atoms with Crippen LogP contribution >= 0.6 is 0 Å². The molecule has 0 aromatic carbocycles. The summed E-state index contributed by atoms with van der Waals surface area (Å²) in [5.41, 5.74) is 0. The van der Waals surface area contributed by atoms with Gasteiger partial charge in [0.2, 0.25) is 0 Å². The molecule has 5 nitrogen and oxygen atoms in total. The second-order valence-electron chi connectivity index (χ2n) is 4.41. The molecular formula is C10H16BN3O2. The van der Waals surface area contributed by atoms with Gasteiger partial charge in [0.15, 0.2) is 0 Å². The first-order chi connectivity index (χ1) is 7.76. The number of hydrogen-bond donors (Lipinski definition) is 1. The molecule has 2 rings (SSSR count). The van der Waals surface area contributed by atoms with Crippen LogP contribution in [0.15, 0.2) is 0 Å². The number of carbonyl (C=O) groups excluding carboxylic acids is 1. The summed E-state index contributed by atoms with van der Waals surface area (Å²) >= 11 is 0. The summed E-state index contributed by atoms with van der Waals surface area (Å²) in [7, 11) is 1.66. The van der Waals surface area contributed by atoms with Gasteiger partial charge in [-0.25, -0.2) is 10.1 Å². The average Bonchev–Trinajstić information content (AvgIpc) is 2.74. The fraction of sp³-hybridized carbons (Fsp3) is 0.800. The molecule has 1 N–H and O–H groups in total. The maximum absolute atomic E-state index is 11.6. The molecule has 16 heavy (non-hydrogen) atoms. The molecule has 0 aliphatic carbocycles. The van der Waals surface area contributed by atoms with Gasteiger partial charge in [0.25, 0.3) is 6.71 Å². The van der Waals surface area contributed by atoms with Gasteiger partial charge in [0.05, 0.1) is 12.1 Å². The van der Waals surface area contributed by atoms with Gasteiger partial charge >= 0.3 is 6.03 Å². The monoisotopic (exact) mass is 221 g/mol. The highest BCUT2D eigenvalue weighted by molar-refractivity contribution is 6.67. The van der Waals surface area contributed by atoms with Crippen LogP contribution in [0.5, 0.6) is 0 Å². The van der Waals surface area contributed by atoms with Gasteiger partial charge in [-0.05, 0) is 12.7 Å². The van der Waals surface area contributed by atoms with Crippen molar-refractivity contribution >= 4 is 12.7 Å². The van der Waals surface area contributed by atoms with Crippen molar-refractivity contribution in [3.05, 3.63) is 0 Å². The summed E-state index contributed by atoms with van der Waals surface area (Å²) in [5, 5.41) is 11.7. The molecule has 2 aliphatic heterocycles. The molecule has 2 amide bonds. The number of amides is 2. The summed E-state index contributed by atoms with van der Waals surface area (Å²) in [4.78, 5) is 13.4. The molecule has 6 heteroatoms. The van der Waals surface area contributed by atoms with E-state index in [4.69, 9.17) is 10.00 Å². The SMILES string of the molecule is COC1CB(C#N)CCC1N1CCNC1=O. The Kier molecular flexibility index (Phi) is 3.35. The summed E-state index contributed by atoms with van der Waals surface area (Å²) in [5.74, 6) is 2.29. The third-order valence-corrected chi connectivity index (χ3v) is 3.53. The number of ether oxygens (including phenoxy) is 1. The summed E-state index contributed by atoms with van der Waals surface area (Å²) in [6, 6.07) is 0.138. The smallest absolute Gasteiger partial charge is 0.317 e. The summed E-state index contributed by atoms with van der Waals surface area (Å²) in [6.45, 7) is 1.54. The zero-order valence-corrected chi connectivity index (χ0v) is 9.48. The van der Waals surface area contributed by atoms with Crippen LogP contribution in [0.3, 0.4) is 0 Å². The Bertz CT molecular complexity index is 318. The van der Waals surface area contributed by atoms with Gasteiger partial charge in [-0.15, -0.1) is 0 Å². The number of hydrogen-bond acceptors (Lipinski definition) is 3. The minimum absolute atomic E-state index is 0.00208. The van der Waals surface area contributed by atoms with Crippen molar-refractivity contribution in [1.29, 1.82) is 5.26 Å². The van der Waals surface area contributed by atoms with Crippen molar-refractivity contribution in [1.82, 2.24) is 10.2 Å². The topological polar surface area (TPSA) is 65.4 Å². The van der Waals surface area contributed by atoms with Crippen LogP contribution in [-0.4, -0.2) is 50.0 Å². The van der Waals surface area contributed by atoms with Crippen molar-refractivity contribution in [2.24, 2.45) is 0 Å². The second kappa shape index (κ2) is 4.75. The molecule has 0 radical (unpaired) electrons. The Morgan fingerprint density at radius 1 is 1.69 bits per heavy atom. The molecule has 0 saturated carbocycles. The Morgan fingerprint density at radius 3 is 3.06 bits per heavy atom. The molecule has 86 valence electrons. The number of rotatable bonds is 2. The quantitative estimate of drug-likeness (QED) is 0.684. The number of nitriles is 1. The molecule has 0 spiro atoms. The highest BCUT2D eigenvalue weighted by Gasteiger charge is 2.39. The van der Waals surface area contributed by atoms with Crippen molar-refractivity contribution in [2.45, 2.75) is 31.2 Å². The molecule has 0 aromatic heterocycles. The fourth-order valence-corrected chi connectivity index (χ4v) is 2.64. The number of nitrogens with one attached hydrogen (secondary N) is 1. The molecule has 2 saturated heterocycles. The maximum atomic E-state index is 11.6. The predicted molar refractivity (Wildman–Crippen MR) is 60.3 cm³/mol. The van der Waals surface area contributed by atoms with E-state index in [9.17, 15) is 4.79 Å². The van der Waals surface area contributed by atoms with Crippen LogP contribution in [0.1, 0.15) is 6.42 Å². The lowest BCUT2D eigenvalue weighted by Gasteiger charge is -2.37. The normalized spacial score (nSPS) is 30.1. The molecular weight excluding hydrogens is 205 g/mol. The number of urea groups is 1. The second-order valence-corrected chi connectivity index (χ2v) is 4.41. The zero-order valence-electron chi connectivity index (χ0n) is 9.48. The molecule has 2 heterocycles. The van der Waals surface area contributed by atoms with E-state index >= 15 is 0 Å². The fourth-order valence-electron chi connectivity index (χ4n) is 2.64. The lowest BCUT2D eigenvalue weighted by molar-refractivity contribution is 0.0406. The third kappa shape index (κ3) is 2.00. The molecule has 0 aromatic rings. The van der Waals surface area contributed by atoms with E-state index < -0.39 is 0 Å². The van der Waals surface area contributed by atoms with Gasteiger partial charge in [0.1, 0.15) is 0 Å². The molecule has 0 bridgehead atoms. The average molecular weight is 221 g/mol. The molecule has 2 unspecified atom stereocenters. The Labute approximate surface area is 95.8 Å². The van der Waals surface area contributed by atoms with E-state index in [0.29, 0.717) is 6.54 Å². The van der Waals surface area contributed by atoms with Crippen LogP contribution < -0.4 is 5.32 Å². The summed E-state index contributed by atoms with van der Waals surface area (Å²) < 4.78 is 5.42. The third-order valence-electron chi connectivity index (χ3n) is 3.53. The molecule has 2 fully saturated rings. The highest BCUT2D eigenvalue weighted by atomic mass is 16.5. The number of carbonyl (C=O) groups is 1. The van der Waals surface area contributed by atoms with Crippen molar-refractivity contribution in [3.8, 4) is 5.97 Å². The highest BCUT2D eigenvalue weighted by Crippen LogP contribution is 2.27. The molecule has 2 aliphatic rings. The van der Waals surface area contributed by atoms with E-state index in [1.54, 1.807) is 7.11 Å². The first-order valence-corrected chi connectivity index (χ1v) is 5.73. The maximum Gasteiger partial charge on any atom is 0.317 e. The zero-order chi connectivity index (χ0) is 11.5. The Hall–Kier alpha value is -1.22. The minimum atomic E-state index is 0.00208. The van der Waals surface area contributed by atoms with Gasteiger partial charge in [-0.2, -0.15) is 0 Å². The summed E-state index contributed by atoms with van der Waals surface area (Å²) in [6.07, 6.45) is 2.47. The first-order valence-electron chi connectivity index (χ1n) is 5.73. The Balaban J connectivity index is 2.04. The number of methoxy groups -OCH3 is 1. The van der Waals surface area contributed by atoms with Crippen molar-refractivity contribution in [2.75, 3.05) is 20.2 Å². The van der Waals surface area contributed by atoms with Gasteiger partial charge in [-0.1, -0.05) is 6.32 Å². The molecule has 2 atom stereocenters. The van der Waals surface area contributed by atoms with Gasteiger partial charge in [0, 0.05) is 26.2 Å².